The van der Waals surface area contributed by atoms with E-state index >= 15 is 0 Å². The number of thioether (sulfide) groups is 1. The molecule has 0 saturated carbocycles. The highest BCUT2D eigenvalue weighted by Crippen LogP contribution is 2.16. The molecule has 0 aliphatic carbocycles. The topological polar surface area (TPSA) is 164 Å². The van der Waals surface area contributed by atoms with Gasteiger partial charge in [-0.3, -0.25) is 24.6 Å². The minimum absolute atomic E-state index is 0.0382. The Hall–Kier alpha value is -4.19. The summed E-state index contributed by atoms with van der Waals surface area (Å²) in [5, 5.41) is 16.3. The molecule has 0 aliphatic rings. The summed E-state index contributed by atoms with van der Waals surface area (Å²) in [6, 6.07) is 13.5. The van der Waals surface area contributed by atoms with E-state index in [2.05, 4.69) is 16.0 Å². The fourth-order valence-electron chi connectivity index (χ4n) is 4.17. The Bertz CT molecular complexity index is 1370. The van der Waals surface area contributed by atoms with Crippen molar-refractivity contribution in [1.29, 1.82) is 5.41 Å². The predicted octanol–water partition coefficient (Wildman–Crippen LogP) is 4.77. The van der Waals surface area contributed by atoms with E-state index in [0.717, 1.165) is 11.1 Å². The van der Waals surface area contributed by atoms with Gasteiger partial charge in [0.2, 0.25) is 17.7 Å². The van der Waals surface area contributed by atoms with Crippen molar-refractivity contribution in [2.75, 3.05) is 11.6 Å². The molecule has 4 N–H and O–H groups in total. The molecule has 0 aromatic heterocycles. The molecule has 46 heavy (non-hydrogen) atoms. The van der Waals surface area contributed by atoms with Crippen molar-refractivity contribution in [3.63, 3.8) is 0 Å². The van der Waals surface area contributed by atoms with Crippen LogP contribution in [0.5, 0.6) is 0 Å². The Kier molecular flexibility index (Phi) is 14.4. The molecule has 0 spiro atoms. The SMILES string of the molecule is CSC(=N)c1ccc(NC(=O)CCCC(=O)N[C@@H](CC(=O)OC(C)(C)C)C(=O)N[C@@H](Cc2ccccc2)C(=O)OC(C)(C)C)cc1. The van der Waals surface area contributed by atoms with Crippen molar-refractivity contribution in [1.82, 2.24) is 10.6 Å². The van der Waals surface area contributed by atoms with Crippen LogP contribution in [0, 0.1) is 5.41 Å². The summed E-state index contributed by atoms with van der Waals surface area (Å²) < 4.78 is 10.9. The summed E-state index contributed by atoms with van der Waals surface area (Å²) in [7, 11) is 0. The number of esters is 2. The first-order valence-electron chi connectivity index (χ1n) is 15.1. The monoisotopic (exact) mass is 654 g/mol. The Morgan fingerprint density at radius 1 is 0.783 bits per heavy atom. The van der Waals surface area contributed by atoms with Gasteiger partial charge in [0.15, 0.2) is 0 Å². The fourth-order valence-corrected chi connectivity index (χ4v) is 4.54. The Balaban J connectivity index is 2.08. The van der Waals surface area contributed by atoms with Gasteiger partial charge in [-0.05, 0) is 71.9 Å². The number of benzene rings is 2. The van der Waals surface area contributed by atoms with Crippen LogP contribution < -0.4 is 16.0 Å². The van der Waals surface area contributed by atoms with E-state index in [1.54, 1.807) is 65.8 Å². The molecule has 0 heterocycles. The van der Waals surface area contributed by atoms with Gasteiger partial charge in [-0.2, -0.15) is 0 Å². The molecule has 0 bridgehead atoms. The number of amides is 3. The molecule has 12 heteroatoms. The highest BCUT2D eigenvalue weighted by molar-refractivity contribution is 8.13. The molecule has 2 atom stereocenters. The zero-order valence-electron chi connectivity index (χ0n) is 27.7. The lowest BCUT2D eigenvalue weighted by molar-refractivity contribution is -0.159. The fraction of sp³-hybridized carbons (Fsp3) is 0.471. The van der Waals surface area contributed by atoms with Crippen LogP contribution in [-0.4, -0.2) is 64.2 Å². The van der Waals surface area contributed by atoms with Crippen molar-refractivity contribution in [3.8, 4) is 0 Å². The quantitative estimate of drug-likeness (QED) is 0.129. The van der Waals surface area contributed by atoms with Crippen LogP contribution in [0.2, 0.25) is 0 Å². The third-order valence-electron chi connectivity index (χ3n) is 6.18. The van der Waals surface area contributed by atoms with Crippen molar-refractivity contribution in [2.45, 2.75) is 96.9 Å². The van der Waals surface area contributed by atoms with Gasteiger partial charge in [-0.25, -0.2) is 4.79 Å². The molecule has 2 rings (SSSR count). The van der Waals surface area contributed by atoms with Crippen LogP contribution in [-0.2, 0) is 39.9 Å². The molecule has 0 aliphatic heterocycles. The standard InChI is InChI=1S/C34H46N4O7S/c1-33(2,3)44-29(41)21-25(31(42)38-26(32(43)45-34(4,5)6)20-22-12-9-8-10-13-22)37-28(40)15-11-14-27(39)36-24-18-16-23(17-19-24)30(35)46-7/h8-10,12-13,16-19,25-26,35H,11,14-15,20-21H2,1-7H3,(H,36,39)(H,37,40)(H,38,42)/t25-,26-/m0/s1. The Morgan fingerprint density at radius 2 is 1.37 bits per heavy atom. The molecule has 0 radical (unpaired) electrons. The van der Waals surface area contributed by atoms with Crippen LogP contribution in [0.15, 0.2) is 54.6 Å². The third-order valence-corrected chi connectivity index (χ3v) is 6.82. The van der Waals surface area contributed by atoms with E-state index in [0.29, 0.717) is 10.7 Å². The normalized spacial score (nSPS) is 12.7. The summed E-state index contributed by atoms with van der Waals surface area (Å²) >= 11 is 1.32. The highest BCUT2D eigenvalue weighted by atomic mass is 32.2. The minimum Gasteiger partial charge on any atom is -0.460 e. The molecule has 3 amide bonds. The number of nitrogens with one attached hydrogen (secondary N) is 4. The van der Waals surface area contributed by atoms with Gasteiger partial charge in [-0.1, -0.05) is 42.5 Å². The molecule has 0 unspecified atom stereocenters. The van der Waals surface area contributed by atoms with Gasteiger partial charge < -0.3 is 25.4 Å². The molecule has 0 saturated heterocycles. The maximum Gasteiger partial charge on any atom is 0.329 e. The van der Waals surface area contributed by atoms with Gasteiger partial charge in [0.05, 0.1) is 11.5 Å². The second-order valence-corrected chi connectivity index (χ2v) is 13.5. The molecular weight excluding hydrogens is 608 g/mol. The number of ether oxygens (including phenoxy) is 2. The average Bonchev–Trinajstić information content (AvgIpc) is 2.95. The van der Waals surface area contributed by atoms with Crippen LogP contribution >= 0.6 is 11.8 Å². The van der Waals surface area contributed by atoms with Gasteiger partial charge in [0, 0.05) is 30.5 Å². The van der Waals surface area contributed by atoms with E-state index in [9.17, 15) is 24.0 Å². The van der Waals surface area contributed by atoms with Crippen molar-refractivity contribution in [3.05, 3.63) is 65.7 Å². The summed E-state index contributed by atoms with van der Waals surface area (Å²) in [4.78, 5) is 64.6. The van der Waals surface area contributed by atoms with E-state index in [1.165, 1.54) is 11.8 Å². The van der Waals surface area contributed by atoms with Gasteiger partial charge in [0.25, 0.3) is 0 Å². The maximum atomic E-state index is 13.5. The van der Waals surface area contributed by atoms with Crippen LogP contribution in [0.4, 0.5) is 5.69 Å². The van der Waals surface area contributed by atoms with E-state index in [4.69, 9.17) is 14.9 Å². The van der Waals surface area contributed by atoms with Gasteiger partial charge >= 0.3 is 11.9 Å². The first kappa shape index (κ1) is 38.0. The summed E-state index contributed by atoms with van der Waals surface area (Å²) in [5.74, 6) is -2.96. The second kappa shape index (κ2) is 17.5. The first-order valence-corrected chi connectivity index (χ1v) is 16.3. The van der Waals surface area contributed by atoms with Crippen LogP contribution in [0.1, 0.15) is 78.4 Å². The van der Waals surface area contributed by atoms with Crippen molar-refractivity contribution in [2.24, 2.45) is 0 Å². The molecule has 2 aromatic rings. The van der Waals surface area contributed by atoms with Crippen molar-refractivity contribution >= 4 is 52.2 Å². The predicted molar refractivity (Wildman–Crippen MR) is 180 cm³/mol. The number of hydrogen-bond acceptors (Lipinski definition) is 9. The van der Waals surface area contributed by atoms with Crippen molar-refractivity contribution < 1.29 is 33.4 Å². The molecule has 0 fully saturated rings. The second-order valence-electron chi connectivity index (χ2n) is 12.7. The smallest absolute Gasteiger partial charge is 0.329 e. The zero-order valence-corrected chi connectivity index (χ0v) is 28.5. The molecule has 2 aromatic carbocycles. The Morgan fingerprint density at radius 3 is 1.93 bits per heavy atom. The van der Waals surface area contributed by atoms with E-state index in [1.807, 2.05) is 36.6 Å². The van der Waals surface area contributed by atoms with Gasteiger partial charge in [-0.15, -0.1) is 11.8 Å². The highest BCUT2D eigenvalue weighted by Gasteiger charge is 2.32. The largest absolute Gasteiger partial charge is 0.460 e. The zero-order chi connectivity index (χ0) is 34.5. The number of carbonyl (C=O) groups is 5. The van der Waals surface area contributed by atoms with Crippen LogP contribution in [0.3, 0.4) is 0 Å². The van der Waals surface area contributed by atoms with Gasteiger partial charge in [0.1, 0.15) is 23.3 Å². The van der Waals surface area contributed by atoms with Crippen LogP contribution in [0.25, 0.3) is 0 Å². The third kappa shape index (κ3) is 14.7. The number of hydrogen-bond donors (Lipinski definition) is 4. The number of rotatable bonds is 14. The molecular formula is C34H46N4O7S. The first-order chi connectivity index (χ1) is 21.5. The summed E-state index contributed by atoms with van der Waals surface area (Å²) in [6.07, 6.45) is 1.61. The Labute approximate surface area is 275 Å². The van der Waals surface area contributed by atoms with E-state index in [-0.39, 0.29) is 31.6 Å². The maximum absolute atomic E-state index is 13.5. The molecule has 250 valence electrons. The lowest BCUT2D eigenvalue weighted by atomic mass is 10.0. The lowest BCUT2D eigenvalue weighted by Crippen LogP contribution is -2.54. The summed E-state index contributed by atoms with van der Waals surface area (Å²) in [6.45, 7) is 10.2. The molecule has 11 nitrogen and oxygen atoms in total. The lowest BCUT2D eigenvalue weighted by Gasteiger charge is -2.27. The summed E-state index contributed by atoms with van der Waals surface area (Å²) in [5.41, 5.74) is 0.453. The number of anilines is 1. The number of carbonyl (C=O) groups excluding carboxylic acids is 5. The minimum atomic E-state index is -1.34. The average molecular weight is 655 g/mol. The van der Waals surface area contributed by atoms with E-state index < -0.39 is 53.5 Å².